The lowest BCUT2D eigenvalue weighted by molar-refractivity contribution is -0.139. The Bertz CT molecular complexity index is 625. The van der Waals surface area contributed by atoms with Crippen molar-refractivity contribution < 1.29 is 14.3 Å². The molecule has 2 rings (SSSR count). The molecular formula is C16H19BrN2O3. The van der Waals surface area contributed by atoms with E-state index in [-0.39, 0.29) is 12.6 Å². The Labute approximate surface area is 138 Å². The summed E-state index contributed by atoms with van der Waals surface area (Å²) in [6.07, 6.45) is 2.47. The fourth-order valence-corrected chi connectivity index (χ4v) is 2.38. The summed E-state index contributed by atoms with van der Waals surface area (Å²) < 4.78 is 6.50. The van der Waals surface area contributed by atoms with Crippen molar-refractivity contribution in [3.63, 3.8) is 0 Å². The third-order valence-electron chi connectivity index (χ3n) is 3.56. The number of carboxylic acids is 1. The van der Waals surface area contributed by atoms with Crippen LogP contribution in [-0.4, -0.2) is 33.5 Å². The summed E-state index contributed by atoms with van der Waals surface area (Å²) in [5, 5.41) is 9.03. The van der Waals surface area contributed by atoms with E-state index in [2.05, 4.69) is 20.9 Å². The maximum Gasteiger partial charge on any atom is 0.317 e. The minimum absolute atomic E-state index is 0.00448. The van der Waals surface area contributed by atoms with Gasteiger partial charge in [0.25, 0.3) is 0 Å². The van der Waals surface area contributed by atoms with Crippen molar-refractivity contribution in [1.82, 2.24) is 9.88 Å². The van der Waals surface area contributed by atoms with Gasteiger partial charge in [-0.1, -0.05) is 22.9 Å². The number of carbonyl (C=O) groups is 1. The quantitative estimate of drug-likeness (QED) is 0.807. The van der Waals surface area contributed by atoms with E-state index in [4.69, 9.17) is 9.52 Å². The van der Waals surface area contributed by atoms with Crippen molar-refractivity contribution in [1.29, 1.82) is 0 Å². The standard InChI is InChI=1S/C16H19BrN2O3/c1-3-11(2)19(9-15(20)21)8-14-10-22-16(18-14)12-4-6-13(17)7-5-12/h4-7,10-11H,3,8-9H2,1-2H3,(H,20,21)/t11-/m0/s1. The first kappa shape index (κ1) is 16.7. The summed E-state index contributed by atoms with van der Waals surface area (Å²) in [4.78, 5) is 17.3. The number of nitrogens with zero attached hydrogens (tertiary/aromatic N) is 2. The van der Waals surface area contributed by atoms with Crippen molar-refractivity contribution in [2.75, 3.05) is 6.54 Å². The van der Waals surface area contributed by atoms with Gasteiger partial charge in [-0.05, 0) is 37.6 Å². The first-order valence-corrected chi connectivity index (χ1v) is 7.95. The molecule has 0 spiro atoms. The lowest BCUT2D eigenvalue weighted by Gasteiger charge is -2.25. The average Bonchev–Trinajstić information content (AvgIpc) is 2.94. The third-order valence-corrected chi connectivity index (χ3v) is 4.09. The molecule has 6 heteroatoms. The van der Waals surface area contributed by atoms with Gasteiger partial charge in [-0.25, -0.2) is 4.98 Å². The average molecular weight is 367 g/mol. The molecule has 0 aliphatic carbocycles. The van der Waals surface area contributed by atoms with Crippen LogP contribution < -0.4 is 0 Å². The molecule has 118 valence electrons. The van der Waals surface area contributed by atoms with Crippen molar-refractivity contribution in [3.8, 4) is 11.5 Å². The molecule has 0 aliphatic rings. The van der Waals surface area contributed by atoms with Gasteiger partial charge in [0.15, 0.2) is 0 Å². The van der Waals surface area contributed by atoms with E-state index in [0.29, 0.717) is 12.4 Å². The van der Waals surface area contributed by atoms with Crippen LogP contribution in [0.5, 0.6) is 0 Å². The van der Waals surface area contributed by atoms with Gasteiger partial charge < -0.3 is 9.52 Å². The largest absolute Gasteiger partial charge is 0.480 e. The van der Waals surface area contributed by atoms with Crippen molar-refractivity contribution >= 4 is 21.9 Å². The molecular weight excluding hydrogens is 348 g/mol. The number of hydrogen-bond acceptors (Lipinski definition) is 4. The number of benzene rings is 1. The maximum absolute atomic E-state index is 11.0. The van der Waals surface area contributed by atoms with Gasteiger partial charge in [-0.2, -0.15) is 0 Å². The van der Waals surface area contributed by atoms with Crippen molar-refractivity contribution in [2.45, 2.75) is 32.9 Å². The van der Waals surface area contributed by atoms with Crippen molar-refractivity contribution in [2.24, 2.45) is 0 Å². The molecule has 0 saturated carbocycles. The van der Waals surface area contributed by atoms with Crippen LogP contribution in [0.1, 0.15) is 26.0 Å². The van der Waals surface area contributed by atoms with Crippen LogP contribution in [0.4, 0.5) is 0 Å². The van der Waals surface area contributed by atoms with Crippen LogP contribution in [-0.2, 0) is 11.3 Å². The Morgan fingerprint density at radius 1 is 1.41 bits per heavy atom. The highest BCUT2D eigenvalue weighted by Crippen LogP contribution is 2.22. The summed E-state index contributed by atoms with van der Waals surface area (Å²) in [5.74, 6) is -0.293. The molecule has 0 saturated heterocycles. The van der Waals surface area contributed by atoms with Crippen LogP contribution in [0.15, 0.2) is 39.4 Å². The molecule has 5 nitrogen and oxygen atoms in total. The zero-order valence-corrected chi connectivity index (χ0v) is 14.2. The zero-order valence-electron chi connectivity index (χ0n) is 12.6. The Kier molecular flexibility index (Phi) is 5.74. The predicted octanol–water partition coefficient (Wildman–Crippen LogP) is 3.79. The summed E-state index contributed by atoms with van der Waals surface area (Å²) in [5.41, 5.74) is 1.63. The summed E-state index contributed by atoms with van der Waals surface area (Å²) in [6, 6.07) is 7.86. The molecule has 0 amide bonds. The number of rotatable bonds is 7. The normalized spacial score (nSPS) is 12.5. The molecule has 1 aromatic carbocycles. The predicted molar refractivity (Wildman–Crippen MR) is 87.4 cm³/mol. The maximum atomic E-state index is 11.0. The van der Waals surface area contributed by atoms with Gasteiger partial charge in [0, 0.05) is 22.6 Å². The highest BCUT2D eigenvalue weighted by molar-refractivity contribution is 9.10. The van der Waals surface area contributed by atoms with Crippen LogP contribution in [0.3, 0.4) is 0 Å². The van der Waals surface area contributed by atoms with E-state index in [1.165, 1.54) is 0 Å². The molecule has 0 fully saturated rings. The first-order valence-electron chi connectivity index (χ1n) is 7.15. The highest BCUT2D eigenvalue weighted by Gasteiger charge is 2.18. The van der Waals surface area contributed by atoms with Gasteiger partial charge >= 0.3 is 5.97 Å². The zero-order chi connectivity index (χ0) is 16.1. The third kappa shape index (κ3) is 4.42. The van der Waals surface area contributed by atoms with Crippen LogP contribution in [0.2, 0.25) is 0 Å². The fraction of sp³-hybridized carbons (Fsp3) is 0.375. The number of carboxylic acid groups (broad SMARTS) is 1. The van der Waals surface area contributed by atoms with Crippen LogP contribution >= 0.6 is 15.9 Å². The van der Waals surface area contributed by atoms with E-state index >= 15 is 0 Å². The molecule has 0 unspecified atom stereocenters. The SMILES string of the molecule is CC[C@H](C)N(CC(=O)O)Cc1coc(-c2ccc(Br)cc2)n1. The Morgan fingerprint density at radius 2 is 2.09 bits per heavy atom. The Morgan fingerprint density at radius 3 is 2.68 bits per heavy atom. The molecule has 0 aliphatic heterocycles. The number of halogens is 1. The summed E-state index contributed by atoms with van der Waals surface area (Å²) in [7, 11) is 0. The van der Waals surface area contributed by atoms with Crippen LogP contribution in [0.25, 0.3) is 11.5 Å². The van der Waals surface area contributed by atoms with Gasteiger partial charge in [0.05, 0.1) is 12.2 Å². The first-order chi connectivity index (χ1) is 10.5. The minimum atomic E-state index is -0.836. The van der Waals surface area contributed by atoms with E-state index < -0.39 is 5.97 Å². The van der Waals surface area contributed by atoms with Gasteiger partial charge in [0.1, 0.15) is 6.26 Å². The topological polar surface area (TPSA) is 66.6 Å². The lowest BCUT2D eigenvalue weighted by Crippen LogP contribution is -2.36. The number of hydrogen-bond donors (Lipinski definition) is 1. The lowest BCUT2D eigenvalue weighted by atomic mass is 10.2. The van der Waals surface area contributed by atoms with E-state index in [1.54, 1.807) is 6.26 Å². The molecule has 0 radical (unpaired) electrons. The fourth-order valence-electron chi connectivity index (χ4n) is 2.11. The van der Waals surface area contributed by atoms with Crippen LogP contribution in [0, 0.1) is 0 Å². The second kappa shape index (κ2) is 7.56. The molecule has 22 heavy (non-hydrogen) atoms. The molecule has 0 bridgehead atoms. The van der Waals surface area contributed by atoms with E-state index in [9.17, 15) is 4.79 Å². The van der Waals surface area contributed by atoms with E-state index in [1.807, 2.05) is 43.0 Å². The number of oxazole rings is 1. The Balaban J connectivity index is 2.12. The second-order valence-corrected chi connectivity index (χ2v) is 6.12. The molecule has 1 atom stereocenters. The molecule has 1 aromatic heterocycles. The molecule has 1 heterocycles. The Hall–Kier alpha value is -1.66. The smallest absolute Gasteiger partial charge is 0.317 e. The molecule has 2 aromatic rings. The number of aliphatic carboxylic acids is 1. The van der Waals surface area contributed by atoms with Gasteiger partial charge in [-0.3, -0.25) is 9.69 Å². The van der Waals surface area contributed by atoms with Gasteiger partial charge in [-0.15, -0.1) is 0 Å². The van der Waals surface area contributed by atoms with Gasteiger partial charge in [0.2, 0.25) is 5.89 Å². The highest BCUT2D eigenvalue weighted by atomic mass is 79.9. The molecule has 1 N–H and O–H groups in total. The summed E-state index contributed by atoms with van der Waals surface area (Å²) >= 11 is 3.39. The monoisotopic (exact) mass is 366 g/mol. The second-order valence-electron chi connectivity index (χ2n) is 5.21. The van der Waals surface area contributed by atoms with Crippen molar-refractivity contribution in [3.05, 3.63) is 40.7 Å². The summed E-state index contributed by atoms with van der Waals surface area (Å²) in [6.45, 7) is 4.51. The minimum Gasteiger partial charge on any atom is -0.480 e. The van der Waals surface area contributed by atoms with E-state index in [0.717, 1.165) is 22.2 Å². The number of aromatic nitrogens is 1.